The summed E-state index contributed by atoms with van der Waals surface area (Å²) in [5, 5.41) is 2.99. The van der Waals surface area contributed by atoms with Crippen LogP contribution in [0.15, 0.2) is 18.2 Å². The highest BCUT2D eigenvalue weighted by Gasteiger charge is 2.19. The fourth-order valence-electron chi connectivity index (χ4n) is 3.87. The van der Waals surface area contributed by atoms with E-state index in [0.717, 1.165) is 62.3 Å². The molecule has 6 nitrogen and oxygen atoms in total. The highest BCUT2D eigenvalue weighted by atomic mass is 32.2. The third-order valence-electron chi connectivity index (χ3n) is 5.37. The average molecular weight is 394 g/mol. The van der Waals surface area contributed by atoms with Crippen LogP contribution in [-0.2, 0) is 14.6 Å². The van der Waals surface area contributed by atoms with Crippen LogP contribution in [0.4, 0.5) is 17.1 Å². The number of anilines is 3. The number of carbonyl (C=O) groups is 1. The van der Waals surface area contributed by atoms with Crippen LogP contribution in [0.25, 0.3) is 0 Å². The predicted octanol–water partition coefficient (Wildman–Crippen LogP) is 3.04. The van der Waals surface area contributed by atoms with Crippen molar-refractivity contribution in [3.05, 3.63) is 18.2 Å². The van der Waals surface area contributed by atoms with Gasteiger partial charge in [-0.15, -0.1) is 0 Å². The molecule has 1 N–H and O–H groups in total. The first kappa shape index (κ1) is 20.0. The molecule has 2 heterocycles. The molecular weight excluding hydrogens is 362 g/mol. The zero-order valence-electron chi connectivity index (χ0n) is 16.2. The summed E-state index contributed by atoms with van der Waals surface area (Å²) < 4.78 is 22.7. The topological polar surface area (TPSA) is 69.7 Å². The standard InChI is InChI=1S/C20H31N3O3S/c1-27(25,26)15-10-20(24)21-18-16-17(22-11-4-2-5-12-22)8-9-19(18)23-13-6-3-7-14-23/h8-9,16H,2-7,10-15H2,1H3,(H,21,24). The Morgan fingerprint density at radius 1 is 0.963 bits per heavy atom. The van der Waals surface area contributed by atoms with Crippen LogP contribution in [0.5, 0.6) is 0 Å². The Labute approximate surface area is 162 Å². The lowest BCUT2D eigenvalue weighted by Gasteiger charge is -2.33. The average Bonchev–Trinajstić information content (AvgIpc) is 2.67. The maximum absolute atomic E-state index is 12.4. The summed E-state index contributed by atoms with van der Waals surface area (Å²) in [6.45, 7) is 4.08. The molecule has 0 saturated carbocycles. The van der Waals surface area contributed by atoms with Gasteiger partial charge >= 0.3 is 0 Å². The number of nitrogens with zero attached hydrogens (tertiary/aromatic N) is 2. The molecule has 0 atom stereocenters. The first-order valence-corrected chi connectivity index (χ1v) is 12.1. The van der Waals surface area contributed by atoms with Gasteiger partial charge < -0.3 is 15.1 Å². The lowest BCUT2D eigenvalue weighted by molar-refractivity contribution is -0.115. The molecule has 0 aliphatic carbocycles. The van der Waals surface area contributed by atoms with Gasteiger partial charge in [-0.3, -0.25) is 4.79 Å². The summed E-state index contributed by atoms with van der Waals surface area (Å²) in [7, 11) is -3.15. The monoisotopic (exact) mass is 393 g/mol. The van der Waals surface area contributed by atoms with E-state index in [1.54, 1.807) is 0 Å². The van der Waals surface area contributed by atoms with Gasteiger partial charge in [-0.05, 0) is 56.7 Å². The highest BCUT2D eigenvalue weighted by molar-refractivity contribution is 7.90. The summed E-state index contributed by atoms with van der Waals surface area (Å²) in [4.78, 5) is 17.1. The van der Waals surface area contributed by atoms with Crippen molar-refractivity contribution >= 4 is 32.8 Å². The third-order valence-corrected chi connectivity index (χ3v) is 6.32. The van der Waals surface area contributed by atoms with E-state index < -0.39 is 9.84 Å². The van der Waals surface area contributed by atoms with Crippen LogP contribution in [0.2, 0.25) is 0 Å². The molecule has 3 rings (SSSR count). The van der Waals surface area contributed by atoms with Crippen molar-refractivity contribution in [2.75, 3.05) is 53.3 Å². The molecule has 0 spiro atoms. The molecule has 27 heavy (non-hydrogen) atoms. The van der Waals surface area contributed by atoms with E-state index in [-0.39, 0.29) is 18.1 Å². The molecule has 0 radical (unpaired) electrons. The molecule has 0 aromatic heterocycles. The summed E-state index contributed by atoms with van der Waals surface area (Å²) >= 11 is 0. The zero-order valence-corrected chi connectivity index (χ0v) is 17.1. The number of sulfone groups is 1. The Bertz CT molecular complexity index is 752. The number of carbonyl (C=O) groups excluding carboxylic acids is 1. The molecule has 0 unspecified atom stereocenters. The molecule has 2 aliphatic heterocycles. The fraction of sp³-hybridized carbons (Fsp3) is 0.650. The summed E-state index contributed by atoms with van der Waals surface area (Å²) in [5.41, 5.74) is 2.98. The van der Waals surface area contributed by atoms with Gasteiger partial charge in [-0.25, -0.2) is 8.42 Å². The Kier molecular flexibility index (Phi) is 6.63. The Morgan fingerprint density at radius 3 is 2.15 bits per heavy atom. The van der Waals surface area contributed by atoms with Gasteiger partial charge in [0.1, 0.15) is 9.84 Å². The van der Waals surface area contributed by atoms with Crippen molar-refractivity contribution < 1.29 is 13.2 Å². The predicted molar refractivity (Wildman–Crippen MR) is 112 cm³/mol. The normalized spacial score (nSPS) is 18.4. The van der Waals surface area contributed by atoms with Crippen molar-refractivity contribution in [1.29, 1.82) is 0 Å². The number of nitrogens with one attached hydrogen (secondary N) is 1. The maximum atomic E-state index is 12.4. The minimum absolute atomic E-state index is 0.00772. The fourth-order valence-corrected chi connectivity index (χ4v) is 4.43. The Morgan fingerprint density at radius 2 is 1.56 bits per heavy atom. The molecular formula is C20H31N3O3S. The van der Waals surface area contributed by atoms with E-state index in [1.807, 2.05) is 0 Å². The molecule has 150 valence electrons. The summed E-state index contributed by atoms with van der Waals surface area (Å²) in [6, 6.07) is 6.33. The maximum Gasteiger partial charge on any atom is 0.225 e. The Hall–Kier alpha value is -1.76. The second-order valence-electron chi connectivity index (χ2n) is 7.72. The number of benzene rings is 1. The van der Waals surface area contributed by atoms with Crippen LogP contribution in [-0.4, -0.2) is 52.5 Å². The molecule has 0 bridgehead atoms. The number of hydrogen-bond acceptors (Lipinski definition) is 5. The number of amides is 1. The second kappa shape index (κ2) is 8.95. The van der Waals surface area contributed by atoms with Gasteiger partial charge in [0.25, 0.3) is 0 Å². The van der Waals surface area contributed by atoms with E-state index in [4.69, 9.17) is 0 Å². The van der Waals surface area contributed by atoms with Gasteiger partial charge in [0, 0.05) is 44.5 Å². The molecule has 2 aliphatic rings. The first-order chi connectivity index (χ1) is 12.9. The van der Waals surface area contributed by atoms with Crippen LogP contribution in [0, 0.1) is 0 Å². The van der Waals surface area contributed by atoms with Crippen LogP contribution in [0.1, 0.15) is 44.9 Å². The van der Waals surface area contributed by atoms with E-state index in [1.165, 1.54) is 25.7 Å². The molecule has 2 saturated heterocycles. The lowest BCUT2D eigenvalue weighted by atomic mass is 10.1. The summed E-state index contributed by atoms with van der Waals surface area (Å²) in [5.74, 6) is -0.363. The van der Waals surface area contributed by atoms with Crippen molar-refractivity contribution in [1.82, 2.24) is 0 Å². The third kappa shape index (κ3) is 5.86. The molecule has 1 aromatic carbocycles. The van der Waals surface area contributed by atoms with Crippen LogP contribution < -0.4 is 15.1 Å². The van der Waals surface area contributed by atoms with E-state index >= 15 is 0 Å². The zero-order chi connectivity index (χ0) is 19.3. The second-order valence-corrected chi connectivity index (χ2v) is 9.98. The minimum atomic E-state index is -3.15. The van der Waals surface area contributed by atoms with Crippen molar-refractivity contribution in [3.63, 3.8) is 0 Å². The van der Waals surface area contributed by atoms with Gasteiger partial charge in [0.05, 0.1) is 17.1 Å². The van der Waals surface area contributed by atoms with Crippen LogP contribution >= 0.6 is 0 Å². The van der Waals surface area contributed by atoms with Crippen molar-refractivity contribution in [2.45, 2.75) is 44.9 Å². The SMILES string of the molecule is CS(=O)(=O)CCC(=O)Nc1cc(N2CCCCC2)ccc1N1CCCCC1. The van der Waals surface area contributed by atoms with Gasteiger partial charge in [-0.2, -0.15) is 0 Å². The van der Waals surface area contributed by atoms with Gasteiger partial charge in [0.2, 0.25) is 5.91 Å². The first-order valence-electron chi connectivity index (χ1n) is 10.0. The van der Waals surface area contributed by atoms with E-state index in [9.17, 15) is 13.2 Å². The van der Waals surface area contributed by atoms with Crippen molar-refractivity contribution in [2.24, 2.45) is 0 Å². The summed E-state index contributed by atoms with van der Waals surface area (Å²) in [6.07, 6.45) is 8.40. The Balaban J connectivity index is 1.80. The van der Waals surface area contributed by atoms with E-state index in [2.05, 4.69) is 33.3 Å². The lowest BCUT2D eigenvalue weighted by Crippen LogP contribution is -2.32. The smallest absolute Gasteiger partial charge is 0.225 e. The van der Waals surface area contributed by atoms with Gasteiger partial charge in [-0.1, -0.05) is 0 Å². The molecule has 7 heteroatoms. The van der Waals surface area contributed by atoms with Crippen LogP contribution in [0.3, 0.4) is 0 Å². The minimum Gasteiger partial charge on any atom is -0.371 e. The molecule has 1 amide bonds. The number of rotatable bonds is 6. The molecule has 1 aromatic rings. The largest absolute Gasteiger partial charge is 0.371 e. The number of piperidine rings is 2. The molecule has 2 fully saturated rings. The highest BCUT2D eigenvalue weighted by Crippen LogP contribution is 2.33. The van der Waals surface area contributed by atoms with Gasteiger partial charge in [0.15, 0.2) is 0 Å². The van der Waals surface area contributed by atoms with Crippen molar-refractivity contribution in [3.8, 4) is 0 Å². The quantitative estimate of drug-likeness (QED) is 0.804. The number of hydrogen-bond donors (Lipinski definition) is 1. The van der Waals surface area contributed by atoms with E-state index in [0.29, 0.717) is 0 Å².